The van der Waals surface area contributed by atoms with Crippen LogP contribution in [-0.2, 0) is 16.0 Å². The van der Waals surface area contributed by atoms with Gasteiger partial charge in [-0.25, -0.2) is 4.79 Å². The van der Waals surface area contributed by atoms with E-state index in [1.165, 1.54) is 22.5 Å². The van der Waals surface area contributed by atoms with E-state index in [2.05, 4.69) is 16.2 Å². The van der Waals surface area contributed by atoms with Gasteiger partial charge in [-0.05, 0) is 29.0 Å². The Kier molecular flexibility index (Phi) is 4.85. The Hall–Kier alpha value is -2.34. The number of hydrogen-bond acceptors (Lipinski definition) is 4. The van der Waals surface area contributed by atoms with E-state index in [0.29, 0.717) is 6.54 Å². The highest BCUT2D eigenvalue weighted by Gasteiger charge is 2.33. The average Bonchev–Trinajstić information content (AvgIpc) is 3.09. The van der Waals surface area contributed by atoms with Crippen LogP contribution in [0.3, 0.4) is 0 Å². The largest absolute Gasteiger partial charge is 0.453 e. The van der Waals surface area contributed by atoms with Gasteiger partial charge < -0.3 is 14.5 Å². The Balaban J connectivity index is 1.89. The summed E-state index contributed by atoms with van der Waals surface area (Å²) < 4.78 is 4.67. The number of carbonyl (C=O) groups is 2. The second-order valence-corrected chi connectivity index (χ2v) is 6.78. The molecule has 1 aromatic carbocycles. The topological polar surface area (TPSA) is 49.9 Å². The zero-order chi connectivity index (χ0) is 17.1. The molecule has 0 saturated heterocycles. The van der Waals surface area contributed by atoms with Crippen LogP contribution in [0.15, 0.2) is 41.8 Å². The predicted octanol–water partition coefficient (Wildman–Crippen LogP) is 2.92. The maximum absolute atomic E-state index is 12.8. The number of thiophene rings is 1. The molecule has 24 heavy (non-hydrogen) atoms. The minimum atomic E-state index is -0.507. The number of carbonyl (C=O) groups excluding carboxylic acids is 2. The summed E-state index contributed by atoms with van der Waals surface area (Å²) in [5.74, 6) is -0.0754. The lowest BCUT2D eigenvalue weighted by molar-refractivity contribution is -0.133. The van der Waals surface area contributed by atoms with E-state index in [4.69, 9.17) is 0 Å². The second kappa shape index (κ2) is 7.05. The zero-order valence-electron chi connectivity index (χ0n) is 13.8. The van der Waals surface area contributed by atoms with Crippen LogP contribution in [0.2, 0.25) is 0 Å². The Morgan fingerprint density at radius 1 is 1.29 bits per heavy atom. The SMILES string of the molecule is COC(=O)N(C)CC(=O)N1CCc2sccc2[C@@H]1c1ccccc1. The molecule has 0 spiro atoms. The van der Waals surface area contributed by atoms with Crippen molar-refractivity contribution in [2.24, 2.45) is 0 Å². The maximum atomic E-state index is 12.8. The van der Waals surface area contributed by atoms with Crippen LogP contribution in [-0.4, -0.2) is 49.0 Å². The zero-order valence-corrected chi connectivity index (χ0v) is 14.6. The molecule has 1 atom stereocenters. The van der Waals surface area contributed by atoms with Crippen molar-refractivity contribution in [2.75, 3.05) is 27.2 Å². The third kappa shape index (κ3) is 3.14. The monoisotopic (exact) mass is 344 g/mol. The minimum Gasteiger partial charge on any atom is -0.453 e. The fraction of sp³-hybridized carbons (Fsp3) is 0.333. The number of amides is 2. The van der Waals surface area contributed by atoms with E-state index in [9.17, 15) is 9.59 Å². The van der Waals surface area contributed by atoms with E-state index < -0.39 is 6.09 Å². The molecule has 2 amide bonds. The van der Waals surface area contributed by atoms with Crippen molar-refractivity contribution < 1.29 is 14.3 Å². The van der Waals surface area contributed by atoms with E-state index in [-0.39, 0.29) is 18.5 Å². The van der Waals surface area contributed by atoms with E-state index in [1.54, 1.807) is 18.4 Å². The Morgan fingerprint density at radius 2 is 2.04 bits per heavy atom. The Morgan fingerprint density at radius 3 is 2.75 bits per heavy atom. The Bertz CT molecular complexity index is 729. The molecule has 0 N–H and O–H groups in total. The lowest BCUT2D eigenvalue weighted by atomic mass is 9.93. The molecule has 0 aliphatic carbocycles. The molecule has 0 fully saturated rings. The summed E-state index contributed by atoms with van der Waals surface area (Å²) in [5.41, 5.74) is 2.28. The molecule has 0 radical (unpaired) electrons. The molecule has 1 aliphatic rings. The first-order chi connectivity index (χ1) is 11.6. The summed E-state index contributed by atoms with van der Waals surface area (Å²) in [6.45, 7) is 0.663. The highest BCUT2D eigenvalue weighted by atomic mass is 32.1. The van der Waals surface area contributed by atoms with Crippen LogP contribution in [0.4, 0.5) is 4.79 Å². The number of likely N-dealkylation sites (N-methyl/N-ethyl adjacent to an activating group) is 1. The third-order valence-corrected chi connectivity index (χ3v) is 5.26. The molecule has 1 aromatic heterocycles. The maximum Gasteiger partial charge on any atom is 0.409 e. The third-order valence-electron chi connectivity index (χ3n) is 4.26. The number of methoxy groups -OCH3 is 1. The second-order valence-electron chi connectivity index (χ2n) is 5.78. The molecular weight excluding hydrogens is 324 g/mol. The normalized spacial score (nSPS) is 16.4. The first kappa shape index (κ1) is 16.5. The van der Waals surface area contributed by atoms with Crippen molar-refractivity contribution in [2.45, 2.75) is 12.5 Å². The van der Waals surface area contributed by atoms with Gasteiger partial charge in [0.15, 0.2) is 0 Å². The molecule has 126 valence electrons. The van der Waals surface area contributed by atoms with Crippen molar-refractivity contribution in [3.05, 3.63) is 57.8 Å². The summed E-state index contributed by atoms with van der Waals surface area (Å²) in [5, 5.41) is 2.08. The molecule has 1 aliphatic heterocycles. The number of nitrogens with zero attached hydrogens (tertiary/aromatic N) is 2. The average molecular weight is 344 g/mol. The van der Waals surface area contributed by atoms with Gasteiger partial charge >= 0.3 is 6.09 Å². The molecule has 0 saturated carbocycles. The fourth-order valence-corrected chi connectivity index (χ4v) is 4.00. The molecule has 2 aromatic rings. The lowest BCUT2D eigenvalue weighted by Crippen LogP contribution is -2.45. The van der Waals surface area contributed by atoms with Gasteiger partial charge in [0.25, 0.3) is 0 Å². The molecule has 6 heteroatoms. The van der Waals surface area contributed by atoms with Gasteiger partial charge in [-0.3, -0.25) is 4.79 Å². The highest BCUT2D eigenvalue weighted by Crippen LogP contribution is 2.37. The van der Waals surface area contributed by atoms with Crippen LogP contribution in [0.5, 0.6) is 0 Å². The first-order valence-corrected chi connectivity index (χ1v) is 8.69. The molecular formula is C18H20N2O3S. The number of fused-ring (bicyclic) bond motifs is 1. The lowest BCUT2D eigenvalue weighted by Gasteiger charge is -2.37. The van der Waals surface area contributed by atoms with E-state index >= 15 is 0 Å². The standard InChI is InChI=1S/C18H20N2O3S/c1-19(18(22)23-2)12-16(21)20-10-8-15-14(9-11-24-15)17(20)13-6-4-3-5-7-13/h3-7,9,11,17H,8,10,12H2,1-2H3/t17-/m0/s1. The van der Waals surface area contributed by atoms with Gasteiger partial charge in [0.1, 0.15) is 6.54 Å². The van der Waals surface area contributed by atoms with Crippen molar-refractivity contribution in [1.82, 2.24) is 9.80 Å². The minimum absolute atomic E-state index is 0.00940. The smallest absolute Gasteiger partial charge is 0.409 e. The Labute approximate surface area is 145 Å². The number of rotatable bonds is 3. The molecule has 2 heterocycles. The number of hydrogen-bond donors (Lipinski definition) is 0. The van der Waals surface area contributed by atoms with Crippen molar-refractivity contribution in [3.63, 3.8) is 0 Å². The van der Waals surface area contributed by atoms with Crippen LogP contribution < -0.4 is 0 Å². The molecule has 5 nitrogen and oxygen atoms in total. The van der Waals surface area contributed by atoms with E-state index in [0.717, 1.165) is 12.0 Å². The van der Waals surface area contributed by atoms with Gasteiger partial charge in [0.05, 0.1) is 13.2 Å². The van der Waals surface area contributed by atoms with Crippen LogP contribution in [0, 0.1) is 0 Å². The highest BCUT2D eigenvalue weighted by molar-refractivity contribution is 7.10. The van der Waals surface area contributed by atoms with Gasteiger partial charge in [-0.2, -0.15) is 0 Å². The summed E-state index contributed by atoms with van der Waals surface area (Å²) in [4.78, 5) is 28.9. The van der Waals surface area contributed by atoms with Gasteiger partial charge in [-0.15, -0.1) is 11.3 Å². The van der Waals surface area contributed by atoms with Gasteiger partial charge in [0, 0.05) is 18.5 Å². The summed E-state index contributed by atoms with van der Waals surface area (Å²) >= 11 is 1.74. The van der Waals surface area contributed by atoms with Gasteiger partial charge in [0.2, 0.25) is 5.91 Å². The van der Waals surface area contributed by atoms with Crippen LogP contribution in [0.25, 0.3) is 0 Å². The van der Waals surface area contributed by atoms with Gasteiger partial charge in [-0.1, -0.05) is 30.3 Å². The summed E-state index contributed by atoms with van der Waals surface area (Å²) in [6, 6.07) is 12.0. The van der Waals surface area contributed by atoms with Crippen molar-refractivity contribution in [3.8, 4) is 0 Å². The van der Waals surface area contributed by atoms with Crippen LogP contribution >= 0.6 is 11.3 Å². The fourth-order valence-electron chi connectivity index (χ4n) is 3.09. The first-order valence-electron chi connectivity index (χ1n) is 7.81. The predicted molar refractivity (Wildman–Crippen MR) is 93.1 cm³/mol. The summed E-state index contributed by atoms with van der Waals surface area (Å²) in [7, 11) is 2.88. The van der Waals surface area contributed by atoms with E-state index in [1.807, 2.05) is 35.2 Å². The molecule has 0 bridgehead atoms. The number of benzene rings is 1. The molecule has 0 unspecified atom stereocenters. The van der Waals surface area contributed by atoms with Crippen LogP contribution in [0.1, 0.15) is 22.0 Å². The summed E-state index contributed by atoms with van der Waals surface area (Å²) in [6.07, 6.45) is 0.345. The van der Waals surface area contributed by atoms with Crippen molar-refractivity contribution >= 4 is 23.3 Å². The quantitative estimate of drug-likeness (QED) is 0.860. The van der Waals surface area contributed by atoms with Crippen molar-refractivity contribution in [1.29, 1.82) is 0 Å². The molecule has 3 rings (SSSR count). The number of ether oxygens (including phenoxy) is 1.